The Morgan fingerprint density at radius 3 is 2.61 bits per heavy atom. The zero-order chi connectivity index (χ0) is 12.4. The van der Waals surface area contributed by atoms with Crippen molar-refractivity contribution in [2.75, 3.05) is 0 Å². The second-order valence-corrected chi connectivity index (χ2v) is 4.21. The van der Waals surface area contributed by atoms with Gasteiger partial charge in [-0.05, 0) is 28.6 Å². The number of fused-ring (bicyclic) bond motifs is 1. The summed E-state index contributed by atoms with van der Waals surface area (Å²) < 4.78 is 0. The summed E-state index contributed by atoms with van der Waals surface area (Å²) in [5.74, 6) is 0. The van der Waals surface area contributed by atoms with Crippen molar-refractivity contribution in [1.29, 1.82) is 0 Å². The lowest BCUT2D eigenvalue weighted by atomic mass is 9.96. The predicted molar refractivity (Wildman–Crippen MR) is 72.0 cm³/mol. The molecule has 1 aromatic carbocycles. The van der Waals surface area contributed by atoms with Crippen molar-refractivity contribution < 1.29 is 0 Å². The fraction of sp³-hybridized carbons (Fsp3) is 0.0667. The molecule has 0 aliphatic carbocycles. The molecule has 1 atom stereocenters. The highest BCUT2D eigenvalue weighted by molar-refractivity contribution is 5.85. The molecule has 3 nitrogen and oxygen atoms in total. The molecular weight excluding hydrogens is 222 g/mol. The maximum atomic E-state index is 6.32. The van der Waals surface area contributed by atoms with E-state index in [0.29, 0.717) is 0 Å². The van der Waals surface area contributed by atoms with Crippen molar-refractivity contribution in [2.24, 2.45) is 5.73 Å². The van der Waals surface area contributed by atoms with Gasteiger partial charge in [-0.3, -0.25) is 9.97 Å². The molecule has 2 heterocycles. The summed E-state index contributed by atoms with van der Waals surface area (Å²) in [7, 11) is 0. The third-order valence-electron chi connectivity index (χ3n) is 3.09. The van der Waals surface area contributed by atoms with E-state index in [0.717, 1.165) is 21.9 Å². The topological polar surface area (TPSA) is 51.8 Å². The fourth-order valence-corrected chi connectivity index (χ4v) is 2.16. The lowest BCUT2D eigenvalue weighted by molar-refractivity contribution is 0.872. The van der Waals surface area contributed by atoms with Gasteiger partial charge in [0.2, 0.25) is 0 Å². The molecule has 2 aromatic heterocycles. The molecule has 1 unspecified atom stereocenters. The van der Waals surface area contributed by atoms with Gasteiger partial charge < -0.3 is 5.73 Å². The number of rotatable bonds is 2. The monoisotopic (exact) mass is 235 g/mol. The van der Waals surface area contributed by atoms with E-state index in [2.05, 4.69) is 16.0 Å². The van der Waals surface area contributed by atoms with Gasteiger partial charge in [-0.1, -0.05) is 24.3 Å². The van der Waals surface area contributed by atoms with Crippen LogP contribution in [0, 0.1) is 0 Å². The van der Waals surface area contributed by atoms with Crippen molar-refractivity contribution in [3.8, 4) is 0 Å². The van der Waals surface area contributed by atoms with Crippen LogP contribution < -0.4 is 5.73 Å². The van der Waals surface area contributed by atoms with E-state index in [-0.39, 0.29) is 6.04 Å². The lowest BCUT2D eigenvalue weighted by Gasteiger charge is -2.14. The summed E-state index contributed by atoms with van der Waals surface area (Å²) in [6, 6.07) is 11.8. The minimum Gasteiger partial charge on any atom is -0.320 e. The Balaban J connectivity index is 2.15. The maximum Gasteiger partial charge on any atom is 0.0573 e. The number of hydrogen-bond donors (Lipinski definition) is 1. The molecule has 3 rings (SSSR count). The third-order valence-corrected chi connectivity index (χ3v) is 3.09. The number of aromatic nitrogens is 2. The number of hydrogen-bond acceptors (Lipinski definition) is 3. The molecule has 0 amide bonds. The fourth-order valence-electron chi connectivity index (χ4n) is 2.16. The average molecular weight is 235 g/mol. The maximum absolute atomic E-state index is 6.32. The molecule has 2 N–H and O–H groups in total. The van der Waals surface area contributed by atoms with Gasteiger partial charge in [-0.2, -0.15) is 0 Å². The highest BCUT2D eigenvalue weighted by Crippen LogP contribution is 2.26. The average Bonchev–Trinajstić information content (AvgIpc) is 2.47. The van der Waals surface area contributed by atoms with Crippen LogP contribution in [0.2, 0.25) is 0 Å². The van der Waals surface area contributed by atoms with E-state index in [1.807, 2.05) is 42.7 Å². The highest BCUT2D eigenvalue weighted by Gasteiger charge is 2.11. The first-order valence-electron chi connectivity index (χ1n) is 5.84. The Morgan fingerprint density at radius 1 is 0.889 bits per heavy atom. The Hall–Kier alpha value is -2.26. The highest BCUT2D eigenvalue weighted by atomic mass is 14.7. The molecule has 88 valence electrons. The zero-order valence-corrected chi connectivity index (χ0v) is 9.82. The van der Waals surface area contributed by atoms with Gasteiger partial charge in [-0.25, -0.2) is 0 Å². The largest absolute Gasteiger partial charge is 0.320 e. The van der Waals surface area contributed by atoms with Crippen molar-refractivity contribution >= 4 is 10.8 Å². The Morgan fingerprint density at radius 2 is 1.78 bits per heavy atom. The zero-order valence-electron chi connectivity index (χ0n) is 9.82. The molecule has 0 saturated heterocycles. The predicted octanol–water partition coefficient (Wildman–Crippen LogP) is 2.68. The molecule has 3 aromatic rings. The standard InChI is InChI=1S/C15H13N3/c16-15(12-4-2-7-17-10-12)14-5-1-3-11-9-18-8-6-13(11)14/h1-10,15H,16H2. The molecule has 0 spiro atoms. The summed E-state index contributed by atoms with van der Waals surface area (Å²) in [5, 5.41) is 2.25. The first-order chi connectivity index (χ1) is 8.86. The Bertz CT molecular complexity index is 659. The molecule has 0 bridgehead atoms. The van der Waals surface area contributed by atoms with Gasteiger partial charge in [-0.15, -0.1) is 0 Å². The van der Waals surface area contributed by atoms with Crippen molar-refractivity contribution in [3.05, 3.63) is 72.3 Å². The van der Waals surface area contributed by atoms with E-state index in [9.17, 15) is 0 Å². The molecule has 0 aliphatic heterocycles. The minimum atomic E-state index is -0.162. The van der Waals surface area contributed by atoms with Crippen LogP contribution in [0.5, 0.6) is 0 Å². The van der Waals surface area contributed by atoms with Gasteiger partial charge in [0.15, 0.2) is 0 Å². The summed E-state index contributed by atoms with van der Waals surface area (Å²) >= 11 is 0. The second-order valence-electron chi connectivity index (χ2n) is 4.21. The summed E-state index contributed by atoms with van der Waals surface area (Å²) in [6.07, 6.45) is 7.21. The van der Waals surface area contributed by atoms with Crippen LogP contribution in [0.1, 0.15) is 17.2 Å². The third kappa shape index (κ3) is 1.85. The van der Waals surface area contributed by atoms with E-state index >= 15 is 0 Å². The van der Waals surface area contributed by atoms with Gasteiger partial charge in [0, 0.05) is 30.2 Å². The first-order valence-corrected chi connectivity index (χ1v) is 5.84. The smallest absolute Gasteiger partial charge is 0.0573 e. The molecule has 0 fully saturated rings. The van der Waals surface area contributed by atoms with Gasteiger partial charge >= 0.3 is 0 Å². The van der Waals surface area contributed by atoms with E-state index in [1.165, 1.54) is 0 Å². The van der Waals surface area contributed by atoms with Crippen LogP contribution in [0.4, 0.5) is 0 Å². The molecule has 0 radical (unpaired) electrons. The van der Waals surface area contributed by atoms with Crippen LogP contribution in [0.25, 0.3) is 10.8 Å². The molecule has 0 saturated carbocycles. The van der Waals surface area contributed by atoms with Gasteiger partial charge in [0.25, 0.3) is 0 Å². The lowest BCUT2D eigenvalue weighted by Crippen LogP contribution is -2.12. The summed E-state index contributed by atoms with van der Waals surface area (Å²) in [5.41, 5.74) is 8.44. The second kappa shape index (κ2) is 4.55. The van der Waals surface area contributed by atoms with Crippen LogP contribution in [0.15, 0.2) is 61.2 Å². The molecule has 0 aliphatic rings. The van der Waals surface area contributed by atoms with Crippen molar-refractivity contribution in [1.82, 2.24) is 9.97 Å². The van der Waals surface area contributed by atoms with E-state index in [1.54, 1.807) is 12.4 Å². The van der Waals surface area contributed by atoms with Crippen LogP contribution in [0.3, 0.4) is 0 Å². The van der Waals surface area contributed by atoms with Crippen LogP contribution >= 0.6 is 0 Å². The molecule has 18 heavy (non-hydrogen) atoms. The Kier molecular flexibility index (Phi) is 2.74. The SMILES string of the molecule is NC(c1cccnc1)c1cccc2cnccc12. The van der Waals surface area contributed by atoms with Gasteiger partial charge in [0.1, 0.15) is 0 Å². The number of pyridine rings is 2. The molecule has 3 heteroatoms. The Labute approximate surface area is 105 Å². The van der Waals surface area contributed by atoms with Gasteiger partial charge in [0.05, 0.1) is 6.04 Å². The van der Waals surface area contributed by atoms with Crippen molar-refractivity contribution in [2.45, 2.75) is 6.04 Å². The van der Waals surface area contributed by atoms with Crippen molar-refractivity contribution in [3.63, 3.8) is 0 Å². The van der Waals surface area contributed by atoms with Crippen LogP contribution in [-0.4, -0.2) is 9.97 Å². The van der Waals surface area contributed by atoms with E-state index < -0.39 is 0 Å². The first kappa shape index (κ1) is 10.9. The van der Waals surface area contributed by atoms with E-state index in [4.69, 9.17) is 5.73 Å². The summed E-state index contributed by atoms with van der Waals surface area (Å²) in [6.45, 7) is 0. The normalized spacial score (nSPS) is 12.5. The number of nitrogens with zero attached hydrogens (tertiary/aromatic N) is 2. The quantitative estimate of drug-likeness (QED) is 0.743. The summed E-state index contributed by atoms with van der Waals surface area (Å²) in [4.78, 5) is 8.25. The molecular formula is C15H13N3. The van der Waals surface area contributed by atoms with Crippen LogP contribution in [-0.2, 0) is 0 Å². The number of benzene rings is 1. The number of nitrogens with two attached hydrogens (primary N) is 1. The minimum absolute atomic E-state index is 0.162.